The van der Waals surface area contributed by atoms with Crippen LogP contribution in [0.25, 0.3) is 0 Å². The van der Waals surface area contributed by atoms with E-state index in [2.05, 4.69) is 5.32 Å². The number of hydrogen-bond acceptors (Lipinski definition) is 4. The van der Waals surface area contributed by atoms with Crippen molar-refractivity contribution in [2.75, 3.05) is 19.0 Å². The van der Waals surface area contributed by atoms with Gasteiger partial charge in [-0.05, 0) is 74.1 Å². The average molecular weight is 443 g/mol. The van der Waals surface area contributed by atoms with Gasteiger partial charge in [0.15, 0.2) is 0 Å². The number of methoxy groups -OCH3 is 1. The summed E-state index contributed by atoms with van der Waals surface area (Å²) in [6.07, 6.45) is 6.34. The van der Waals surface area contributed by atoms with Gasteiger partial charge in [-0.25, -0.2) is 4.79 Å². The molecule has 2 amide bonds. The summed E-state index contributed by atoms with van der Waals surface area (Å²) in [6.45, 7) is 0.782. The molecule has 1 saturated heterocycles. The number of ether oxygens (including phenoxy) is 2. The first-order chi connectivity index (χ1) is 15.0. The standard InChI is InChI=1S/C24H27ClN2O4/c1-30-18-9-11-19(12-10-18)31-24(29)26-17-8-13-20(21(25)15-17)23(28)27-14-4-6-16-5-2-3-7-22(16)27/h8-13,15-16,22H,2-7,14H2,1H3,(H,26,29)/t16-,22-/m1/s1. The Bertz CT molecular complexity index is 945. The van der Waals surface area contributed by atoms with Crippen molar-refractivity contribution in [2.45, 2.75) is 44.6 Å². The quantitative estimate of drug-likeness (QED) is 0.654. The molecule has 1 aliphatic carbocycles. The molecule has 2 aliphatic rings. The van der Waals surface area contributed by atoms with Gasteiger partial charge in [0.25, 0.3) is 5.91 Å². The normalized spacial score (nSPS) is 20.5. The second kappa shape index (κ2) is 9.60. The summed E-state index contributed by atoms with van der Waals surface area (Å²) in [6, 6.07) is 12.0. The van der Waals surface area contributed by atoms with Gasteiger partial charge in [0.05, 0.1) is 17.7 Å². The summed E-state index contributed by atoms with van der Waals surface area (Å²) >= 11 is 6.44. The first kappa shape index (κ1) is 21.5. The third-order valence-electron chi connectivity index (χ3n) is 6.22. The zero-order valence-electron chi connectivity index (χ0n) is 17.6. The number of amides is 2. The molecule has 0 spiro atoms. The highest BCUT2D eigenvalue weighted by Gasteiger charge is 2.36. The number of nitrogens with zero attached hydrogens (tertiary/aromatic N) is 1. The highest BCUT2D eigenvalue weighted by molar-refractivity contribution is 6.34. The van der Waals surface area contributed by atoms with Crippen molar-refractivity contribution >= 4 is 29.3 Å². The second-order valence-electron chi connectivity index (χ2n) is 8.14. The van der Waals surface area contributed by atoms with Gasteiger partial charge >= 0.3 is 6.09 Å². The predicted octanol–water partition coefficient (Wildman–Crippen LogP) is 5.75. The summed E-state index contributed by atoms with van der Waals surface area (Å²) < 4.78 is 10.4. The van der Waals surface area contributed by atoms with Crippen LogP contribution in [0.15, 0.2) is 42.5 Å². The predicted molar refractivity (Wildman–Crippen MR) is 120 cm³/mol. The van der Waals surface area contributed by atoms with Crippen molar-refractivity contribution in [3.05, 3.63) is 53.1 Å². The van der Waals surface area contributed by atoms with Crippen LogP contribution in [0.1, 0.15) is 48.9 Å². The molecule has 2 aromatic rings. The van der Waals surface area contributed by atoms with E-state index in [1.54, 1.807) is 49.6 Å². The number of benzene rings is 2. The van der Waals surface area contributed by atoms with Gasteiger partial charge in [-0.15, -0.1) is 0 Å². The van der Waals surface area contributed by atoms with Crippen molar-refractivity contribution in [3.8, 4) is 11.5 Å². The lowest BCUT2D eigenvalue weighted by atomic mass is 9.78. The van der Waals surface area contributed by atoms with Crippen LogP contribution in [0.4, 0.5) is 10.5 Å². The van der Waals surface area contributed by atoms with Gasteiger partial charge in [0.2, 0.25) is 0 Å². The minimum Gasteiger partial charge on any atom is -0.497 e. The highest BCUT2D eigenvalue weighted by Crippen LogP contribution is 2.36. The summed E-state index contributed by atoms with van der Waals surface area (Å²) in [5.74, 6) is 1.66. The van der Waals surface area contributed by atoms with Gasteiger partial charge in [-0.2, -0.15) is 0 Å². The molecule has 0 unspecified atom stereocenters. The van der Waals surface area contributed by atoms with E-state index in [1.165, 1.54) is 25.7 Å². The lowest BCUT2D eigenvalue weighted by Crippen LogP contribution is -2.49. The highest BCUT2D eigenvalue weighted by atomic mass is 35.5. The van der Waals surface area contributed by atoms with Gasteiger partial charge in [-0.3, -0.25) is 10.1 Å². The number of nitrogens with one attached hydrogen (secondary N) is 1. The van der Waals surface area contributed by atoms with Crippen molar-refractivity contribution < 1.29 is 19.1 Å². The van der Waals surface area contributed by atoms with E-state index in [0.29, 0.717) is 39.7 Å². The van der Waals surface area contributed by atoms with Gasteiger partial charge in [-0.1, -0.05) is 24.4 Å². The Hall–Kier alpha value is -2.73. The molecule has 6 nitrogen and oxygen atoms in total. The van der Waals surface area contributed by atoms with Crippen LogP contribution >= 0.6 is 11.6 Å². The minimum absolute atomic E-state index is 0.0195. The number of rotatable bonds is 4. The third-order valence-corrected chi connectivity index (χ3v) is 6.53. The van der Waals surface area contributed by atoms with Crippen LogP contribution in [0.3, 0.4) is 0 Å². The van der Waals surface area contributed by atoms with Crippen molar-refractivity contribution in [3.63, 3.8) is 0 Å². The molecule has 7 heteroatoms. The lowest BCUT2D eigenvalue weighted by Gasteiger charge is -2.44. The van der Waals surface area contributed by atoms with Crippen LogP contribution in [-0.4, -0.2) is 36.6 Å². The van der Waals surface area contributed by atoms with E-state index >= 15 is 0 Å². The van der Waals surface area contributed by atoms with E-state index in [1.807, 2.05) is 4.90 Å². The maximum Gasteiger partial charge on any atom is 0.417 e. The van der Waals surface area contributed by atoms with Crippen LogP contribution in [-0.2, 0) is 0 Å². The summed E-state index contributed by atoms with van der Waals surface area (Å²) in [5, 5.41) is 2.97. The molecule has 4 rings (SSSR count). The summed E-state index contributed by atoms with van der Waals surface area (Å²) in [5.41, 5.74) is 0.941. The van der Waals surface area contributed by atoms with E-state index in [-0.39, 0.29) is 5.91 Å². The Kier molecular flexibility index (Phi) is 6.66. The second-order valence-corrected chi connectivity index (χ2v) is 8.54. The van der Waals surface area contributed by atoms with Crippen molar-refractivity contribution in [1.82, 2.24) is 4.90 Å². The molecule has 2 aromatic carbocycles. The Morgan fingerprint density at radius 3 is 2.45 bits per heavy atom. The number of anilines is 1. The fourth-order valence-electron chi connectivity index (χ4n) is 4.69. The minimum atomic E-state index is -0.638. The number of fused-ring (bicyclic) bond motifs is 1. The van der Waals surface area contributed by atoms with Gasteiger partial charge in [0.1, 0.15) is 11.5 Å². The van der Waals surface area contributed by atoms with E-state index in [4.69, 9.17) is 21.1 Å². The van der Waals surface area contributed by atoms with E-state index < -0.39 is 6.09 Å². The first-order valence-electron chi connectivity index (χ1n) is 10.8. The third kappa shape index (κ3) is 4.96. The monoisotopic (exact) mass is 442 g/mol. The van der Waals surface area contributed by atoms with E-state index in [0.717, 1.165) is 19.4 Å². The first-order valence-corrected chi connectivity index (χ1v) is 11.2. The zero-order valence-corrected chi connectivity index (χ0v) is 18.4. The van der Waals surface area contributed by atoms with Crippen molar-refractivity contribution in [1.29, 1.82) is 0 Å². The molecule has 31 heavy (non-hydrogen) atoms. The van der Waals surface area contributed by atoms with Crippen LogP contribution in [0.2, 0.25) is 5.02 Å². The maximum atomic E-state index is 13.2. The van der Waals surface area contributed by atoms with Crippen LogP contribution in [0.5, 0.6) is 11.5 Å². The number of carbonyl (C=O) groups is 2. The summed E-state index contributed by atoms with van der Waals surface area (Å²) in [4.78, 5) is 27.4. The number of hydrogen-bond donors (Lipinski definition) is 1. The Morgan fingerprint density at radius 1 is 1.00 bits per heavy atom. The molecule has 1 N–H and O–H groups in total. The molecule has 164 valence electrons. The van der Waals surface area contributed by atoms with Gasteiger partial charge in [0, 0.05) is 18.3 Å². The molecule has 0 aromatic heterocycles. The molecule has 2 atom stereocenters. The fourth-order valence-corrected chi connectivity index (χ4v) is 4.95. The number of carbonyl (C=O) groups excluding carboxylic acids is 2. The molecule has 1 saturated carbocycles. The smallest absolute Gasteiger partial charge is 0.417 e. The van der Waals surface area contributed by atoms with Crippen LogP contribution < -0.4 is 14.8 Å². The number of piperidine rings is 1. The van der Waals surface area contributed by atoms with Gasteiger partial charge < -0.3 is 14.4 Å². The average Bonchev–Trinajstić information content (AvgIpc) is 2.79. The Labute approximate surface area is 187 Å². The molecule has 0 radical (unpaired) electrons. The number of halogens is 1. The molecular formula is C24H27ClN2O4. The van der Waals surface area contributed by atoms with E-state index in [9.17, 15) is 9.59 Å². The molecule has 0 bridgehead atoms. The maximum absolute atomic E-state index is 13.2. The largest absolute Gasteiger partial charge is 0.497 e. The van der Waals surface area contributed by atoms with Crippen LogP contribution in [0, 0.1) is 5.92 Å². The molecule has 2 fully saturated rings. The molecule has 1 heterocycles. The topological polar surface area (TPSA) is 67.9 Å². The Morgan fingerprint density at radius 2 is 1.71 bits per heavy atom. The SMILES string of the molecule is COc1ccc(OC(=O)Nc2ccc(C(=O)N3CCC[C@H]4CCCC[C@H]43)c(Cl)c2)cc1. The molecule has 1 aliphatic heterocycles. The van der Waals surface area contributed by atoms with Crippen molar-refractivity contribution in [2.24, 2.45) is 5.92 Å². The number of likely N-dealkylation sites (tertiary alicyclic amines) is 1. The zero-order chi connectivity index (χ0) is 21.8. The Balaban J connectivity index is 1.41. The molecular weight excluding hydrogens is 416 g/mol. The lowest BCUT2D eigenvalue weighted by molar-refractivity contribution is 0.0391. The fraction of sp³-hybridized carbons (Fsp3) is 0.417. The summed E-state index contributed by atoms with van der Waals surface area (Å²) in [7, 11) is 1.57.